The quantitative estimate of drug-likeness (QED) is 0.520. The predicted molar refractivity (Wildman–Crippen MR) is 128 cm³/mol. The summed E-state index contributed by atoms with van der Waals surface area (Å²) in [5.41, 5.74) is 4.09. The van der Waals surface area contributed by atoms with Crippen molar-refractivity contribution in [1.82, 2.24) is 4.57 Å². The van der Waals surface area contributed by atoms with E-state index < -0.39 is 27.7 Å². The Bertz CT molecular complexity index is 1320. The van der Waals surface area contributed by atoms with Crippen molar-refractivity contribution < 1.29 is 31.5 Å². The van der Waals surface area contributed by atoms with Gasteiger partial charge in [0.25, 0.3) is 0 Å². The average Bonchev–Trinajstić information content (AvgIpc) is 3.17. The SMILES string of the molecule is CC1(C)Cc2c(-c3ccccc3)c(-c3ccc(C(F)(F)F)cc3)c(CC(=O)O)n2C1.CS(N)(=O)=O. The molecule has 0 atom stereocenters. The number of benzene rings is 2. The van der Waals surface area contributed by atoms with Crippen LogP contribution < -0.4 is 5.14 Å². The van der Waals surface area contributed by atoms with E-state index in [1.165, 1.54) is 12.1 Å². The first-order chi connectivity index (χ1) is 16.1. The first kappa shape index (κ1) is 26.5. The number of halogens is 3. The van der Waals surface area contributed by atoms with Gasteiger partial charge in [0.2, 0.25) is 10.0 Å². The molecule has 4 rings (SSSR count). The molecular weight excluding hydrogens is 481 g/mol. The standard InChI is InChI=1S/C24H22F3NO2.CH5NO2S/c1-23(2)13-19-22(15-6-4-3-5-7-15)21(18(12-20(29)30)28(19)14-23)16-8-10-17(11-9-16)24(25,26)27;1-5(2,3)4/h3-11H,12-14H2,1-2H3,(H,29,30);1H3,(H2,2,3,4). The second kappa shape index (κ2) is 9.50. The lowest BCUT2D eigenvalue weighted by Gasteiger charge is -2.19. The van der Waals surface area contributed by atoms with Crippen LogP contribution in [0.15, 0.2) is 54.6 Å². The number of carbonyl (C=O) groups is 1. The van der Waals surface area contributed by atoms with Crippen LogP contribution in [0.3, 0.4) is 0 Å². The van der Waals surface area contributed by atoms with Crippen LogP contribution in [0.5, 0.6) is 0 Å². The summed E-state index contributed by atoms with van der Waals surface area (Å²) in [5, 5.41) is 13.9. The van der Waals surface area contributed by atoms with Gasteiger partial charge in [0.05, 0.1) is 18.2 Å². The molecule has 0 saturated heterocycles. The zero-order chi connectivity index (χ0) is 26.2. The topological polar surface area (TPSA) is 102 Å². The molecule has 2 heterocycles. The van der Waals surface area contributed by atoms with E-state index in [0.717, 1.165) is 41.6 Å². The lowest BCUT2D eigenvalue weighted by Crippen LogP contribution is -2.15. The monoisotopic (exact) mass is 508 g/mol. The van der Waals surface area contributed by atoms with Gasteiger partial charge in [0.15, 0.2) is 0 Å². The van der Waals surface area contributed by atoms with Crippen LogP contribution in [-0.2, 0) is 40.4 Å². The predicted octanol–water partition coefficient (Wildman–Crippen LogP) is 4.96. The highest BCUT2D eigenvalue weighted by Gasteiger charge is 2.37. The number of hydrogen-bond acceptors (Lipinski definition) is 3. The minimum Gasteiger partial charge on any atom is -0.481 e. The minimum absolute atomic E-state index is 0.0230. The largest absolute Gasteiger partial charge is 0.481 e. The summed E-state index contributed by atoms with van der Waals surface area (Å²) in [4.78, 5) is 11.7. The number of sulfonamides is 1. The molecule has 0 fully saturated rings. The van der Waals surface area contributed by atoms with Crippen LogP contribution in [0.2, 0.25) is 0 Å². The van der Waals surface area contributed by atoms with Crippen molar-refractivity contribution in [2.45, 2.75) is 39.4 Å². The number of alkyl halides is 3. The second-order valence-corrected chi connectivity index (χ2v) is 11.1. The molecule has 0 unspecified atom stereocenters. The Morgan fingerprint density at radius 1 is 1.03 bits per heavy atom. The third kappa shape index (κ3) is 6.52. The molecule has 0 radical (unpaired) electrons. The summed E-state index contributed by atoms with van der Waals surface area (Å²) < 4.78 is 60.0. The van der Waals surface area contributed by atoms with Gasteiger partial charge in [-0.25, -0.2) is 13.6 Å². The fourth-order valence-electron chi connectivity index (χ4n) is 4.41. The molecule has 2 aromatic carbocycles. The van der Waals surface area contributed by atoms with Crippen LogP contribution in [0.25, 0.3) is 22.3 Å². The number of aromatic nitrogens is 1. The Kier molecular flexibility index (Phi) is 7.19. The van der Waals surface area contributed by atoms with Crippen LogP contribution in [0.4, 0.5) is 13.2 Å². The van der Waals surface area contributed by atoms with Crippen LogP contribution >= 0.6 is 0 Å². The molecule has 6 nitrogen and oxygen atoms in total. The Balaban J connectivity index is 0.000000623. The molecule has 0 bridgehead atoms. The van der Waals surface area contributed by atoms with E-state index in [9.17, 15) is 31.5 Å². The summed E-state index contributed by atoms with van der Waals surface area (Å²) in [6, 6.07) is 14.6. The molecule has 35 heavy (non-hydrogen) atoms. The number of nitrogens with two attached hydrogens (primary N) is 1. The van der Waals surface area contributed by atoms with E-state index in [0.29, 0.717) is 23.4 Å². The maximum absolute atomic E-state index is 13.1. The summed E-state index contributed by atoms with van der Waals surface area (Å²) in [5.74, 6) is -0.965. The van der Waals surface area contributed by atoms with Crippen molar-refractivity contribution in [3.05, 3.63) is 71.5 Å². The highest BCUT2D eigenvalue weighted by atomic mass is 32.2. The Morgan fingerprint density at radius 2 is 1.54 bits per heavy atom. The van der Waals surface area contributed by atoms with Crippen molar-refractivity contribution in [2.24, 2.45) is 10.6 Å². The number of primary sulfonamides is 1. The van der Waals surface area contributed by atoms with Gasteiger partial charge < -0.3 is 9.67 Å². The van der Waals surface area contributed by atoms with Crippen molar-refractivity contribution in [3.8, 4) is 22.3 Å². The molecule has 10 heteroatoms. The summed E-state index contributed by atoms with van der Waals surface area (Å²) in [6.07, 6.45) is -2.90. The van der Waals surface area contributed by atoms with Crippen LogP contribution in [-0.4, -0.2) is 30.3 Å². The number of carboxylic acid groups (broad SMARTS) is 1. The highest BCUT2D eigenvalue weighted by Crippen LogP contribution is 2.47. The third-order valence-corrected chi connectivity index (χ3v) is 5.59. The molecule has 0 aliphatic carbocycles. The molecule has 3 N–H and O–H groups in total. The smallest absolute Gasteiger partial charge is 0.416 e. The van der Waals surface area contributed by atoms with Crippen molar-refractivity contribution >= 4 is 16.0 Å². The number of carboxylic acids is 1. The van der Waals surface area contributed by atoms with Gasteiger partial charge in [-0.05, 0) is 35.1 Å². The summed E-state index contributed by atoms with van der Waals surface area (Å²) in [7, 11) is -3.17. The first-order valence-electron chi connectivity index (χ1n) is 10.7. The van der Waals surface area contributed by atoms with Gasteiger partial charge in [0, 0.05) is 29.1 Å². The molecule has 0 saturated carbocycles. The molecule has 0 amide bonds. The zero-order valence-corrected chi connectivity index (χ0v) is 20.4. The number of fused-ring (bicyclic) bond motifs is 1. The molecule has 3 aromatic rings. The third-order valence-electron chi connectivity index (χ3n) is 5.59. The van der Waals surface area contributed by atoms with E-state index in [1.54, 1.807) is 0 Å². The number of nitrogens with zero attached hydrogens (tertiary/aromatic N) is 1. The maximum atomic E-state index is 13.1. The van der Waals surface area contributed by atoms with Gasteiger partial charge >= 0.3 is 12.1 Å². The number of hydrogen-bond donors (Lipinski definition) is 2. The molecular formula is C25H27F3N2O4S. The Hall–Kier alpha value is -3.11. The molecule has 1 aliphatic heterocycles. The molecule has 0 spiro atoms. The van der Waals surface area contributed by atoms with E-state index in [4.69, 9.17) is 0 Å². The fraction of sp³-hybridized carbons (Fsp3) is 0.320. The summed E-state index contributed by atoms with van der Waals surface area (Å²) in [6.45, 7) is 4.94. The van der Waals surface area contributed by atoms with E-state index in [-0.39, 0.29) is 11.8 Å². The molecule has 188 valence electrons. The van der Waals surface area contributed by atoms with Crippen LogP contribution in [0.1, 0.15) is 30.8 Å². The Labute approximate surface area is 202 Å². The van der Waals surface area contributed by atoms with Gasteiger partial charge in [-0.1, -0.05) is 56.3 Å². The van der Waals surface area contributed by atoms with Gasteiger partial charge in [-0.3, -0.25) is 4.79 Å². The summed E-state index contributed by atoms with van der Waals surface area (Å²) >= 11 is 0. The van der Waals surface area contributed by atoms with Crippen molar-refractivity contribution in [3.63, 3.8) is 0 Å². The lowest BCUT2D eigenvalue weighted by molar-refractivity contribution is -0.138. The lowest BCUT2D eigenvalue weighted by atomic mass is 9.86. The number of rotatable bonds is 4. The average molecular weight is 509 g/mol. The number of aliphatic carboxylic acids is 1. The van der Waals surface area contributed by atoms with Crippen LogP contribution in [0, 0.1) is 5.41 Å². The first-order valence-corrected chi connectivity index (χ1v) is 12.7. The zero-order valence-electron chi connectivity index (χ0n) is 19.6. The van der Waals surface area contributed by atoms with E-state index >= 15 is 0 Å². The van der Waals surface area contributed by atoms with E-state index in [1.807, 2.05) is 30.3 Å². The van der Waals surface area contributed by atoms with Gasteiger partial charge in [0.1, 0.15) is 0 Å². The molecule has 1 aromatic heterocycles. The van der Waals surface area contributed by atoms with Gasteiger partial charge in [-0.2, -0.15) is 13.2 Å². The highest BCUT2D eigenvalue weighted by molar-refractivity contribution is 7.88. The van der Waals surface area contributed by atoms with Crippen molar-refractivity contribution in [2.75, 3.05) is 6.26 Å². The fourth-order valence-corrected chi connectivity index (χ4v) is 4.41. The van der Waals surface area contributed by atoms with Crippen molar-refractivity contribution in [1.29, 1.82) is 0 Å². The molecule has 1 aliphatic rings. The second-order valence-electron chi connectivity index (χ2n) is 9.41. The normalized spacial score (nSPS) is 14.7. The maximum Gasteiger partial charge on any atom is 0.416 e. The minimum atomic E-state index is -4.42. The van der Waals surface area contributed by atoms with E-state index in [2.05, 4.69) is 23.6 Å². The van der Waals surface area contributed by atoms with Gasteiger partial charge in [-0.15, -0.1) is 0 Å². The Morgan fingerprint density at radius 3 is 2.03 bits per heavy atom.